The Morgan fingerprint density at radius 2 is 2.33 bits per heavy atom. The number of ether oxygens (including phenoxy) is 2. The standard InChI is InChI=1S/C14H19NO3/c1-15-12-7-3-6-11-10(12)5-4-8-13(11)18-9-14(16)17-2/h4-5,8,12,15H,3,6-7,9H2,1-2H3. The van der Waals surface area contributed by atoms with E-state index in [1.165, 1.54) is 18.2 Å². The zero-order valence-electron chi connectivity index (χ0n) is 10.9. The van der Waals surface area contributed by atoms with E-state index in [2.05, 4.69) is 16.1 Å². The summed E-state index contributed by atoms with van der Waals surface area (Å²) in [5.41, 5.74) is 2.50. The quantitative estimate of drug-likeness (QED) is 0.827. The average molecular weight is 249 g/mol. The zero-order valence-corrected chi connectivity index (χ0v) is 10.9. The Kier molecular flexibility index (Phi) is 4.20. The fourth-order valence-electron chi connectivity index (χ4n) is 2.45. The summed E-state index contributed by atoms with van der Waals surface area (Å²) in [6.07, 6.45) is 3.28. The minimum Gasteiger partial charge on any atom is -0.482 e. The molecule has 1 aromatic rings. The van der Waals surface area contributed by atoms with Gasteiger partial charge in [0.25, 0.3) is 0 Å². The van der Waals surface area contributed by atoms with Crippen molar-refractivity contribution in [2.24, 2.45) is 0 Å². The molecule has 0 amide bonds. The van der Waals surface area contributed by atoms with E-state index >= 15 is 0 Å². The van der Waals surface area contributed by atoms with Crippen molar-refractivity contribution in [2.45, 2.75) is 25.3 Å². The second kappa shape index (κ2) is 5.87. The first-order valence-electron chi connectivity index (χ1n) is 6.25. The van der Waals surface area contributed by atoms with Gasteiger partial charge in [0.15, 0.2) is 6.61 Å². The Balaban J connectivity index is 2.19. The molecule has 4 nitrogen and oxygen atoms in total. The van der Waals surface area contributed by atoms with E-state index in [1.54, 1.807) is 0 Å². The maximum absolute atomic E-state index is 11.1. The summed E-state index contributed by atoms with van der Waals surface area (Å²) in [7, 11) is 3.34. The number of esters is 1. The molecule has 1 aromatic carbocycles. The van der Waals surface area contributed by atoms with Crippen LogP contribution in [0.15, 0.2) is 18.2 Å². The minimum absolute atomic E-state index is 0.0306. The van der Waals surface area contributed by atoms with Crippen LogP contribution in [0.2, 0.25) is 0 Å². The fraction of sp³-hybridized carbons (Fsp3) is 0.500. The first kappa shape index (κ1) is 12.9. The number of benzene rings is 1. The molecule has 98 valence electrons. The second-order valence-electron chi connectivity index (χ2n) is 4.42. The summed E-state index contributed by atoms with van der Waals surface area (Å²) >= 11 is 0. The highest BCUT2D eigenvalue weighted by molar-refractivity contribution is 5.71. The summed E-state index contributed by atoms with van der Waals surface area (Å²) in [6.45, 7) is -0.0306. The van der Waals surface area contributed by atoms with E-state index in [9.17, 15) is 4.79 Å². The molecule has 1 atom stereocenters. The molecule has 18 heavy (non-hydrogen) atoms. The van der Waals surface area contributed by atoms with Crippen molar-refractivity contribution in [3.8, 4) is 5.75 Å². The lowest BCUT2D eigenvalue weighted by molar-refractivity contribution is -0.142. The Morgan fingerprint density at radius 3 is 3.06 bits per heavy atom. The molecule has 4 heteroatoms. The predicted octanol–water partition coefficient (Wildman–Crippen LogP) is 1.84. The Hall–Kier alpha value is -1.55. The van der Waals surface area contributed by atoms with Crippen LogP contribution in [-0.2, 0) is 16.0 Å². The molecule has 0 aliphatic heterocycles. The first-order valence-corrected chi connectivity index (χ1v) is 6.25. The molecule has 1 aliphatic rings. The maximum Gasteiger partial charge on any atom is 0.343 e. The summed E-state index contributed by atoms with van der Waals surface area (Å²) in [4.78, 5) is 11.1. The van der Waals surface area contributed by atoms with Crippen LogP contribution in [0.4, 0.5) is 0 Å². The number of hydrogen-bond donors (Lipinski definition) is 1. The highest BCUT2D eigenvalue weighted by atomic mass is 16.6. The summed E-state index contributed by atoms with van der Waals surface area (Å²) in [5, 5.41) is 3.32. The minimum atomic E-state index is -0.353. The van der Waals surface area contributed by atoms with Crippen LogP contribution in [0, 0.1) is 0 Å². The van der Waals surface area contributed by atoms with Crippen molar-refractivity contribution in [2.75, 3.05) is 20.8 Å². The van der Waals surface area contributed by atoms with E-state index < -0.39 is 0 Å². The third-order valence-corrected chi connectivity index (χ3v) is 3.39. The molecule has 1 aliphatic carbocycles. The van der Waals surface area contributed by atoms with Gasteiger partial charge in [-0.15, -0.1) is 0 Å². The van der Waals surface area contributed by atoms with Crippen molar-refractivity contribution in [3.63, 3.8) is 0 Å². The molecule has 1 N–H and O–H groups in total. The lowest BCUT2D eigenvalue weighted by Gasteiger charge is -2.26. The van der Waals surface area contributed by atoms with Gasteiger partial charge in [0, 0.05) is 6.04 Å². The zero-order chi connectivity index (χ0) is 13.0. The smallest absolute Gasteiger partial charge is 0.343 e. The van der Waals surface area contributed by atoms with Crippen molar-refractivity contribution >= 4 is 5.97 Å². The molecule has 2 rings (SSSR count). The maximum atomic E-state index is 11.1. The van der Waals surface area contributed by atoms with Crippen LogP contribution < -0.4 is 10.1 Å². The van der Waals surface area contributed by atoms with Crippen LogP contribution in [0.25, 0.3) is 0 Å². The van der Waals surface area contributed by atoms with Crippen molar-refractivity contribution in [3.05, 3.63) is 29.3 Å². The highest BCUT2D eigenvalue weighted by Gasteiger charge is 2.21. The fourth-order valence-corrected chi connectivity index (χ4v) is 2.45. The molecule has 0 saturated carbocycles. The third-order valence-electron chi connectivity index (χ3n) is 3.39. The van der Waals surface area contributed by atoms with Crippen LogP contribution >= 0.6 is 0 Å². The summed E-state index contributed by atoms with van der Waals surface area (Å²) < 4.78 is 10.1. The topological polar surface area (TPSA) is 47.6 Å². The number of rotatable bonds is 4. The van der Waals surface area contributed by atoms with Crippen molar-refractivity contribution in [1.29, 1.82) is 0 Å². The molecule has 0 bridgehead atoms. The van der Waals surface area contributed by atoms with Crippen LogP contribution in [0.5, 0.6) is 5.75 Å². The van der Waals surface area contributed by atoms with Gasteiger partial charge in [0.2, 0.25) is 0 Å². The number of nitrogens with one attached hydrogen (secondary N) is 1. The molecule has 0 aromatic heterocycles. The van der Waals surface area contributed by atoms with E-state index in [0.717, 1.165) is 25.0 Å². The monoisotopic (exact) mass is 249 g/mol. The lowest BCUT2D eigenvalue weighted by atomic mass is 9.87. The molecule has 0 fully saturated rings. The van der Waals surface area contributed by atoms with Gasteiger partial charge in [-0.3, -0.25) is 0 Å². The molecular formula is C14H19NO3. The van der Waals surface area contributed by atoms with Crippen LogP contribution in [0.3, 0.4) is 0 Å². The van der Waals surface area contributed by atoms with Gasteiger partial charge in [-0.25, -0.2) is 4.79 Å². The summed E-state index contributed by atoms with van der Waals surface area (Å²) in [5.74, 6) is 0.450. The van der Waals surface area contributed by atoms with Crippen LogP contribution in [0.1, 0.15) is 30.0 Å². The Morgan fingerprint density at radius 1 is 1.50 bits per heavy atom. The molecular weight excluding hydrogens is 230 g/mol. The average Bonchev–Trinajstić information content (AvgIpc) is 2.43. The number of carbonyl (C=O) groups excluding carboxylic acids is 1. The van der Waals surface area contributed by atoms with Gasteiger partial charge in [-0.2, -0.15) is 0 Å². The SMILES string of the molecule is CNC1CCCc2c(OCC(=O)OC)cccc21. The molecule has 0 radical (unpaired) electrons. The Bertz CT molecular complexity index is 431. The van der Waals surface area contributed by atoms with Gasteiger partial charge in [0.1, 0.15) is 5.75 Å². The molecule has 1 unspecified atom stereocenters. The van der Waals surface area contributed by atoms with E-state index in [4.69, 9.17) is 4.74 Å². The number of methoxy groups -OCH3 is 1. The summed E-state index contributed by atoms with van der Waals surface area (Å²) in [6, 6.07) is 6.40. The number of fused-ring (bicyclic) bond motifs is 1. The van der Waals surface area contributed by atoms with Crippen molar-refractivity contribution in [1.82, 2.24) is 5.32 Å². The largest absolute Gasteiger partial charge is 0.482 e. The first-order chi connectivity index (χ1) is 8.76. The highest BCUT2D eigenvalue weighted by Crippen LogP contribution is 2.35. The van der Waals surface area contributed by atoms with E-state index in [0.29, 0.717) is 6.04 Å². The number of carbonyl (C=O) groups is 1. The van der Waals surface area contributed by atoms with Gasteiger partial charge < -0.3 is 14.8 Å². The lowest BCUT2D eigenvalue weighted by Crippen LogP contribution is -2.22. The molecule has 0 saturated heterocycles. The normalized spacial score (nSPS) is 18.0. The molecule has 0 heterocycles. The van der Waals surface area contributed by atoms with Crippen LogP contribution in [-0.4, -0.2) is 26.7 Å². The molecule has 0 spiro atoms. The van der Waals surface area contributed by atoms with E-state index in [1.807, 2.05) is 19.2 Å². The second-order valence-corrected chi connectivity index (χ2v) is 4.42. The van der Waals surface area contributed by atoms with Gasteiger partial charge >= 0.3 is 5.97 Å². The third kappa shape index (κ3) is 2.64. The van der Waals surface area contributed by atoms with Crippen molar-refractivity contribution < 1.29 is 14.3 Å². The Labute approximate surface area is 107 Å². The van der Waals surface area contributed by atoms with Gasteiger partial charge in [0.05, 0.1) is 7.11 Å². The van der Waals surface area contributed by atoms with Gasteiger partial charge in [-0.05, 0) is 43.5 Å². The van der Waals surface area contributed by atoms with Gasteiger partial charge in [-0.1, -0.05) is 12.1 Å². The van der Waals surface area contributed by atoms with E-state index in [-0.39, 0.29) is 12.6 Å². The number of hydrogen-bond acceptors (Lipinski definition) is 4. The predicted molar refractivity (Wildman–Crippen MR) is 68.7 cm³/mol.